The first-order valence-corrected chi connectivity index (χ1v) is 7.60. The molecule has 0 saturated carbocycles. The Labute approximate surface area is 122 Å². The van der Waals surface area contributed by atoms with Crippen molar-refractivity contribution in [2.75, 3.05) is 6.61 Å². The number of benzene rings is 1. The van der Waals surface area contributed by atoms with Crippen molar-refractivity contribution in [1.82, 2.24) is 0 Å². The third kappa shape index (κ3) is 4.64. The Morgan fingerprint density at radius 3 is 2.35 bits per heavy atom. The molecule has 0 aliphatic heterocycles. The highest BCUT2D eigenvalue weighted by Gasteiger charge is 2.38. The molecular formula is C17H26O3. The van der Waals surface area contributed by atoms with Gasteiger partial charge in [-0.2, -0.15) is 0 Å². The summed E-state index contributed by atoms with van der Waals surface area (Å²) in [7, 11) is 0. The van der Waals surface area contributed by atoms with Gasteiger partial charge in [0, 0.05) is 0 Å². The molecule has 0 spiro atoms. The number of esters is 1. The Bertz CT molecular complexity index is 388. The van der Waals surface area contributed by atoms with Crippen LogP contribution in [0.2, 0.25) is 0 Å². The highest BCUT2D eigenvalue weighted by atomic mass is 16.5. The Morgan fingerprint density at radius 1 is 1.10 bits per heavy atom. The fourth-order valence-electron chi connectivity index (χ4n) is 2.31. The van der Waals surface area contributed by atoms with E-state index in [-0.39, 0.29) is 6.61 Å². The van der Waals surface area contributed by atoms with Crippen LogP contribution in [0, 0.1) is 0 Å². The molecule has 112 valence electrons. The summed E-state index contributed by atoms with van der Waals surface area (Å²) in [6.07, 6.45) is 5.79. The fraction of sp³-hybridized carbons (Fsp3) is 0.588. The SMILES string of the molecule is CCCCCCC[C@@](O)(C(=O)OCC)c1ccccc1. The number of hydrogen-bond donors (Lipinski definition) is 1. The maximum absolute atomic E-state index is 12.1. The van der Waals surface area contributed by atoms with Crippen molar-refractivity contribution in [3.63, 3.8) is 0 Å². The summed E-state index contributed by atoms with van der Waals surface area (Å²) in [5.41, 5.74) is -0.891. The molecule has 0 aliphatic carbocycles. The van der Waals surface area contributed by atoms with E-state index < -0.39 is 11.6 Å². The number of ether oxygens (including phenoxy) is 1. The fourth-order valence-corrected chi connectivity index (χ4v) is 2.31. The third-order valence-electron chi connectivity index (χ3n) is 3.51. The summed E-state index contributed by atoms with van der Waals surface area (Å²) in [5, 5.41) is 10.8. The molecule has 0 fully saturated rings. The van der Waals surface area contributed by atoms with Gasteiger partial charge in [-0.05, 0) is 25.3 Å². The lowest BCUT2D eigenvalue weighted by atomic mass is 9.88. The van der Waals surface area contributed by atoms with Crippen molar-refractivity contribution in [3.8, 4) is 0 Å². The molecule has 0 bridgehead atoms. The van der Waals surface area contributed by atoms with Crippen LogP contribution in [-0.2, 0) is 15.1 Å². The molecule has 0 aromatic heterocycles. The van der Waals surface area contributed by atoms with Crippen molar-refractivity contribution in [1.29, 1.82) is 0 Å². The molecule has 1 aromatic rings. The predicted octanol–water partition coefficient (Wildman–Crippen LogP) is 3.80. The van der Waals surface area contributed by atoms with E-state index in [4.69, 9.17) is 4.74 Å². The van der Waals surface area contributed by atoms with Crippen LogP contribution in [0.1, 0.15) is 57.9 Å². The molecule has 0 radical (unpaired) electrons. The molecule has 0 saturated heterocycles. The van der Waals surface area contributed by atoms with E-state index in [0.29, 0.717) is 12.0 Å². The van der Waals surface area contributed by atoms with Crippen molar-refractivity contribution in [3.05, 3.63) is 35.9 Å². The number of carbonyl (C=O) groups is 1. The Kier molecular flexibility index (Phi) is 7.31. The van der Waals surface area contributed by atoms with Crippen LogP contribution in [0.25, 0.3) is 0 Å². The lowest BCUT2D eigenvalue weighted by Crippen LogP contribution is -2.37. The van der Waals surface area contributed by atoms with Crippen LogP contribution in [0.4, 0.5) is 0 Å². The molecular weight excluding hydrogens is 252 g/mol. The molecule has 0 amide bonds. The minimum Gasteiger partial charge on any atom is -0.464 e. The van der Waals surface area contributed by atoms with Gasteiger partial charge in [0.25, 0.3) is 0 Å². The van der Waals surface area contributed by atoms with Crippen molar-refractivity contribution >= 4 is 5.97 Å². The molecule has 0 unspecified atom stereocenters. The monoisotopic (exact) mass is 278 g/mol. The minimum absolute atomic E-state index is 0.282. The maximum atomic E-state index is 12.1. The Hall–Kier alpha value is -1.35. The lowest BCUT2D eigenvalue weighted by molar-refractivity contribution is -0.167. The van der Waals surface area contributed by atoms with E-state index in [1.54, 1.807) is 19.1 Å². The van der Waals surface area contributed by atoms with Gasteiger partial charge < -0.3 is 9.84 Å². The first kappa shape index (κ1) is 16.7. The topological polar surface area (TPSA) is 46.5 Å². The Balaban J connectivity index is 2.72. The first-order valence-electron chi connectivity index (χ1n) is 7.60. The lowest BCUT2D eigenvalue weighted by Gasteiger charge is -2.26. The van der Waals surface area contributed by atoms with Crippen LogP contribution in [0.3, 0.4) is 0 Å². The van der Waals surface area contributed by atoms with E-state index in [9.17, 15) is 9.90 Å². The van der Waals surface area contributed by atoms with Crippen molar-refractivity contribution in [2.45, 2.75) is 58.0 Å². The van der Waals surface area contributed by atoms with E-state index in [1.807, 2.05) is 18.2 Å². The second-order valence-corrected chi connectivity index (χ2v) is 5.11. The molecule has 1 aromatic carbocycles. The molecule has 3 heteroatoms. The summed E-state index contributed by atoms with van der Waals surface area (Å²) in [4.78, 5) is 12.1. The zero-order chi connectivity index (χ0) is 14.8. The van der Waals surface area contributed by atoms with Crippen LogP contribution in [0.5, 0.6) is 0 Å². The molecule has 1 N–H and O–H groups in total. The molecule has 3 nitrogen and oxygen atoms in total. The molecule has 0 aliphatic rings. The van der Waals surface area contributed by atoms with Crippen LogP contribution in [0.15, 0.2) is 30.3 Å². The number of hydrogen-bond acceptors (Lipinski definition) is 3. The third-order valence-corrected chi connectivity index (χ3v) is 3.51. The van der Waals surface area contributed by atoms with Crippen LogP contribution >= 0.6 is 0 Å². The smallest absolute Gasteiger partial charge is 0.342 e. The van der Waals surface area contributed by atoms with Gasteiger partial charge in [-0.25, -0.2) is 4.79 Å². The summed E-state index contributed by atoms with van der Waals surface area (Å²) in [5.74, 6) is -0.540. The maximum Gasteiger partial charge on any atom is 0.342 e. The van der Waals surface area contributed by atoms with Gasteiger partial charge in [-0.3, -0.25) is 0 Å². The molecule has 1 rings (SSSR count). The summed E-state index contributed by atoms with van der Waals surface area (Å²) >= 11 is 0. The number of rotatable bonds is 9. The largest absolute Gasteiger partial charge is 0.464 e. The second kappa shape index (κ2) is 8.75. The summed E-state index contributed by atoms with van der Waals surface area (Å²) in [6.45, 7) is 4.20. The molecule has 1 atom stereocenters. The van der Waals surface area contributed by atoms with Crippen molar-refractivity contribution in [2.24, 2.45) is 0 Å². The van der Waals surface area contributed by atoms with Gasteiger partial charge >= 0.3 is 5.97 Å². The summed E-state index contributed by atoms with van der Waals surface area (Å²) in [6, 6.07) is 9.09. The van der Waals surface area contributed by atoms with Gasteiger partial charge in [-0.1, -0.05) is 62.9 Å². The number of carbonyl (C=O) groups excluding carboxylic acids is 1. The van der Waals surface area contributed by atoms with E-state index in [1.165, 1.54) is 12.8 Å². The van der Waals surface area contributed by atoms with E-state index in [0.717, 1.165) is 19.3 Å². The average molecular weight is 278 g/mol. The molecule has 0 heterocycles. The zero-order valence-electron chi connectivity index (χ0n) is 12.6. The second-order valence-electron chi connectivity index (χ2n) is 5.11. The van der Waals surface area contributed by atoms with Crippen LogP contribution < -0.4 is 0 Å². The van der Waals surface area contributed by atoms with Crippen LogP contribution in [-0.4, -0.2) is 17.7 Å². The standard InChI is InChI=1S/C17H26O3/c1-3-5-6-7-11-14-17(19,16(18)20-4-2)15-12-9-8-10-13-15/h8-10,12-13,19H,3-7,11,14H2,1-2H3/t17-/m0/s1. The van der Waals surface area contributed by atoms with Gasteiger partial charge in [0.05, 0.1) is 6.61 Å². The highest BCUT2D eigenvalue weighted by Crippen LogP contribution is 2.29. The highest BCUT2D eigenvalue weighted by molar-refractivity contribution is 5.81. The van der Waals surface area contributed by atoms with Gasteiger partial charge in [-0.15, -0.1) is 0 Å². The zero-order valence-corrected chi connectivity index (χ0v) is 12.6. The average Bonchev–Trinajstić information content (AvgIpc) is 2.48. The normalized spacial score (nSPS) is 13.8. The van der Waals surface area contributed by atoms with E-state index >= 15 is 0 Å². The van der Waals surface area contributed by atoms with Gasteiger partial charge in [0.1, 0.15) is 0 Å². The van der Waals surface area contributed by atoms with Gasteiger partial charge in [0.15, 0.2) is 5.60 Å². The van der Waals surface area contributed by atoms with Crippen molar-refractivity contribution < 1.29 is 14.6 Å². The summed E-state index contributed by atoms with van der Waals surface area (Å²) < 4.78 is 5.05. The predicted molar refractivity (Wildman–Crippen MR) is 80.3 cm³/mol. The number of unbranched alkanes of at least 4 members (excludes halogenated alkanes) is 4. The molecule has 20 heavy (non-hydrogen) atoms. The number of aliphatic hydroxyl groups is 1. The Morgan fingerprint density at radius 2 is 1.75 bits per heavy atom. The first-order chi connectivity index (χ1) is 9.65. The van der Waals surface area contributed by atoms with E-state index in [2.05, 4.69) is 6.92 Å². The van der Waals surface area contributed by atoms with Gasteiger partial charge in [0.2, 0.25) is 0 Å². The quantitative estimate of drug-likeness (QED) is 0.552. The minimum atomic E-state index is -1.51.